The van der Waals surface area contributed by atoms with Crippen LogP contribution in [0.4, 0.5) is 0 Å². The Labute approximate surface area is 114 Å². The number of hydrogen-bond donors (Lipinski definition) is 0. The van der Waals surface area contributed by atoms with Crippen molar-refractivity contribution in [1.82, 2.24) is 4.90 Å². The predicted octanol–water partition coefficient (Wildman–Crippen LogP) is 2.31. The Morgan fingerprint density at radius 2 is 2.17 bits per heavy atom. The maximum absolute atomic E-state index is 12.1. The minimum atomic E-state index is -0.364. The minimum Gasteiger partial charge on any atom is -0.469 e. The van der Waals surface area contributed by atoms with Gasteiger partial charge in [0, 0.05) is 13.1 Å². The number of ether oxygens (including phenoxy) is 1. The van der Waals surface area contributed by atoms with E-state index < -0.39 is 0 Å². The van der Waals surface area contributed by atoms with Crippen LogP contribution in [-0.2, 0) is 9.53 Å². The van der Waals surface area contributed by atoms with E-state index in [2.05, 4.69) is 20.7 Å². The van der Waals surface area contributed by atoms with Gasteiger partial charge < -0.3 is 14.1 Å². The van der Waals surface area contributed by atoms with Crippen LogP contribution >= 0.6 is 15.9 Å². The van der Waals surface area contributed by atoms with Gasteiger partial charge in [-0.3, -0.25) is 9.59 Å². The number of carbonyl (C=O) groups excluding carboxylic acids is 2. The summed E-state index contributed by atoms with van der Waals surface area (Å²) in [7, 11) is 1.33. The molecular weight excluding hydrogens is 302 g/mol. The van der Waals surface area contributed by atoms with Crippen LogP contribution in [-0.4, -0.2) is 37.0 Å². The summed E-state index contributed by atoms with van der Waals surface area (Å²) < 4.78 is 10.3. The van der Waals surface area contributed by atoms with E-state index >= 15 is 0 Å². The summed E-state index contributed by atoms with van der Waals surface area (Å²) in [4.78, 5) is 25.0. The van der Waals surface area contributed by atoms with Gasteiger partial charge in [0.2, 0.25) is 0 Å². The number of hydrogen-bond acceptors (Lipinski definition) is 4. The number of rotatable bonds is 5. The maximum atomic E-state index is 12.1. The van der Waals surface area contributed by atoms with Gasteiger partial charge in [-0.15, -0.1) is 0 Å². The summed E-state index contributed by atoms with van der Waals surface area (Å²) in [6, 6.07) is 3.25. The second-order valence-electron chi connectivity index (χ2n) is 3.87. The second kappa shape index (κ2) is 6.58. The molecule has 0 aliphatic heterocycles. The molecule has 0 radical (unpaired) electrons. The number of amides is 1. The molecule has 0 aromatic carbocycles. The van der Waals surface area contributed by atoms with E-state index in [-0.39, 0.29) is 23.6 Å². The number of furan rings is 1. The maximum Gasteiger partial charge on any atom is 0.310 e. The Kier molecular flexibility index (Phi) is 5.40. The first kappa shape index (κ1) is 14.8. The third-order valence-corrected chi connectivity index (χ3v) is 2.98. The average molecular weight is 318 g/mol. The molecule has 1 unspecified atom stereocenters. The predicted molar refractivity (Wildman–Crippen MR) is 69.2 cm³/mol. The van der Waals surface area contributed by atoms with Crippen molar-refractivity contribution in [2.24, 2.45) is 5.92 Å². The summed E-state index contributed by atoms with van der Waals surface area (Å²) in [5.74, 6) is -0.682. The van der Waals surface area contributed by atoms with E-state index in [0.717, 1.165) is 0 Å². The van der Waals surface area contributed by atoms with Crippen LogP contribution < -0.4 is 0 Å². The van der Waals surface area contributed by atoms with Crippen molar-refractivity contribution >= 4 is 27.8 Å². The molecule has 0 aliphatic rings. The normalized spacial score (nSPS) is 12.0. The lowest BCUT2D eigenvalue weighted by Gasteiger charge is -2.22. The molecule has 1 aromatic rings. The van der Waals surface area contributed by atoms with Crippen LogP contribution in [0.3, 0.4) is 0 Å². The second-order valence-corrected chi connectivity index (χ2v) is 4.65. The lowest BCUT2D eigenvalue weighted by atomic mass is 10.1. The molecule has 0 aliphatic carbocycles. The van der Waals surface area contributed by atoms with E-state index in [0.29, 0.717) is 17.8 Å². The van der Waals surface area contributed by atoms with Crippen molar-refractivity contribution in [2.75, 3.05) is 20.2 Å². The summed E-state index contributed by atoms with van der Waals surface area (Å²) in [6.07, 6.45) is 0. The SMILES string of the molecule is CCN(CC(C)C(=O)OC)C(=O)c1ccc(Br)o1. The van der Waals surface area contributed by atoms with Crippen LogP contribution in [0.2, 0.25) is 0 Å². The first-order chi connectivity index (χ1) is 8.49. The van der Waals surface area contributed by atoms with Gasteiger partial charge in [-0.2, -0.15) is 0 Å². The van der Waals surface area contributed by atoms with E-state index in [9.17, 15) is 9.59 Å². The monoisotopic (exact) mass is 317 g/mol. The number of methoxy groups -OCH3 is 1. The van der Waals surface area contributed by atoms with Crippen LogP contribution in [0.25, 0.3) is 0 Å². The van der Waals surface area contributed by atoms with Crippen molar-refractivity contribution in [2.45, 2.75) is 13.8 Å². The van der Waals surface area contributed by atoms with Crippen LogP contribution in [0.5, 0.6) is 0 Å². The molecule has 0 N–H and O–H groups in total. The Morgan fingerprint density at radius 3 is 2.61 bits per heavy atom. The van der Waals surface area contributed by atoms with Crippen molar-refractivity contribution in [3.63, 3.8) is 0 Å². The average Bonchev–Trinajstić information content (AvgIpc) is 2.80. The zero-order chi connectivity index (χ0) is 13.7. The van der Waals surface area contributed by atoms with Gasteiger partial charge in [-0.25, -0.2) is 0 Å². The van der Waals surface area contributed by atoms with Crippen LogP contribution in [0.1, 0.15) is 24.4 Å². The van der Waals surface area contributed by atoms with Gasteiger partial charge in [0.15, 0.2) is 10.4 Å². The van der Waals surface area contributed by atoms with Gasteiger partial charge in [-0.05, 0) is 35.0 Å². The first-order valence-corrected chi connectivity index (χ1v) is 6.41. The fourth-order valence-electron chi connectivity index (χ4n) is 1.55. The number of nitrogens with zero attached hydrogens (tertiary/aromatic N) is 1. The molecule has 1 heterocycles. The Morgan fingerprint density at radius 1 is 1.50 bits per heavy atom. The molecule has 1 amide bonds. The summed E-state index contributed by atoms with van der Waals surface area (Å²) in [6.45, 7) is 4.37. The highest BCUT2D eigenvalue weighted by Crippen LogP contribution is 2.16. The smallest absolute Gasteiger partial charge is 0.310 e. The molecule has 1 rings (SSSR count). The fourth-order valence-corrected chi connectivity index (χ4v) is 1.85. The number of carbonyl (C=O) groups is 2. The summed E-state index contributed by atoms with van der Waals surface area (Å²) >= 11 is 3.15. The Balaban J connectivity index is 2.72. The molecule has 6 heteroatoms. The zero-order valence-electron chi connectivity index (χ0n) is 10.6. The molecule has 0 fully saturated rings. The van der Waals surface area contributed by atoms with Gasteiger partial charge in [0.25, 0.3) is 5.91 Å². The largest absolute Gasteiger partial charge is 0.469 e. The molecule has 18 heavy (non-hydrogen) atoms. The van der Waals surface area contributed by atoms with Crippen molar-refractivity contribution in [1.29, 1.82) is 0 Å². The van der Waals surface area contributed by atoms with Gasteiger partial charge >= 0.3 is 5.97 Å². The highest BCUT2D eigenvalue weighted by atomic mass is 79.9. The molecule has 1 atom stereocenters. The van der Waals surface area contributed by atoms with Crippen LogP contribution in [0.15, 0.2) is 21.2 Å². The van der Waals surface area contributed by atoms with Crippen molar-refractivity contribution in [3.05, 3.63) is 22.6 Å². The summed E-state index contributed by atoms with van der Waals surface area (Å²) in [5.41, 5.74) is 0. The van der Waals surface area contributed by atoms with Crippen molar-refractivity contribution in [3.8, 4) is 0 Å². The van der Waals surface area contributed by atoms with Crippen molar-refractivity contribution < 1.29 is 18.7 Å². The Hall–Kier alpha value is -1.30. The molecule has 0 spiro atoms. The van der Waals surface area contributed by atoms with E-state index in [4.69, 9.17) is 4.42 Å². The highest BCUT2D eigenvalue weighted by Gasteiger charge is 2.23. The van der Waals surface area contributed by atoms with E-state index in [1.807, 2.05) is 6.92 Å². The zero-order valence-corrected chi connectivity index (χ0v) is 12.2. The molecule has 1 aromatic heterocycles. The van der Waals surface area contributed by atoms with Crippen LogP contribution in [0, 0.1) is 5.92 Å². The molecule has 100 valence electrons. The standard InChI is InChI=1S/C12H16BrNO4/c1-4-14(7-8(2)12(16)17-3)11(15)9-5-6-10(13)18-9/h5-6,8H,4,7H2,1-3H3. The Bertz CT molecular complexity index is 429. The number of esters is 1. The quantitative estimate of drug-likeness (QED) is 0.782. The topological polar surface area (TPSA) is 59.8 Å². The first-order valence-electron chi connectivity index (χ1n) is 5.62. The van der Waals surface area contributed by atoms with Gasteiger partial charge in [0.1, 0.15) is 0 Å². The number of halogens is 1. The fraction of sp³-hybridized carbons (Fsp3) is 0.500. The lowest BCUT2D eigenvalue weighted by Crippen LogP contribution is -2.36. The molecule has 0 saturated heterocycles. The molecule has 5 nitrogen and oxygen atoms in total. The van der Waals surface area contributed by atoms with Gasteiger partial charge in [-0.1, -0.05) is 6.92 Å². The lowest BCUT2D eigenvalue weighted by molar-refractivity contribution is -0.145. The molecule has 0 saturated carbocycles. The van der Waals surface area contributed by atoms with E-state index in [1.165, 1.54) is 7.11 Å². The third-order valence-electron chi connectivity index (χ3n) is 2.55. The molecular formula is C12H16BrNO4. The van der Waals surface area contributed by atoms with E-state index in [1.54, 1.807) is 24.0 Å². The minimum absolute atomic E-state index is 0.237. The molecule has 0 bridgehead atoms. The highest BCUT2D eigenvalue weighted by molar-refractivity contribution is 9.10. The van der Waals surface area contributed by atoms with Gasteiger partial charge in [0.05, 0.1) is 13.0 Å². The summed E-state index contributed by atoms with van der Waals surface area (Å²) in [5, 5.41) is 0. The third kappa shape index (κ3) is 3.60.